The molecule has 0 heterocycles. The number of hydrogen-bond acceptors (Lipinski definition) is 2. The summed E-state index contributed by atoms with van der Waals surface area (Å²) in [5.41, 5.74) is 1.33. The molecule has 0 aliphatic carbocycles. The van der Waals surface area contributed by atoms with Crippen LogP contribution in [0.4, 0.5) is 10.1 Å². The Kier molecular flexibility index (Phi) is 5.12. The third-order valence-corrected chi connectivity index (χ3v) is 5.87. The lowest BCUT2D eigenvalue weighted by Gasteiger charge is -2.12. The number of nitrogens with one attached hydrogen (secondary N) is 1. The van der Waals surface area contributed by atoms with E-state index in [-0.39, 0.29) is 9.37 Å². The predicted molar refractivity (Wildman–Crippen MR) is 91.5 cm³/mol. The van der Waals surface area contributed by atoms with Gasteiger partial charge in [-0.25, -0.2) is 12.8 Å². The topological polar surface area (TPSA) is 46.2 Å². The van der Waals surface area contributed by atoms with Crippen LogP contribution in [0.2, 0.25) is 0 Å². The summed E-state index contributed by atoms with van der Waals surface area (Å²) in [5.74, 6) is -0.639. The van der Waals surface area contributed by atoms with Crippen LogP contribution in [-0.4, -0.2) is 8.42 Å². The fourth-order valence-corrected chi connectivity index (χ4v) is 4.87. The fourth-order valence-electron chi connectivity index (χ4n) is 1.63. The highest BCUT2D eigenvalue weighted by molar-refractivity contribution is 9.11. The Balaban J connectivity index is 2.44. The third kappa shape index (κ3) is 3.85. The SMILES string of the molecule is Cc1cc(Br)c(NS(=O)(=O)c2ccc(Br)c(F)c2)c(Br)c1. The van der Waals surface area contributed by atoms with Crippen LogP contribution >= 0.6 is 47.8 Å². The molecule has 0 radical (unpaired) electrons. The number of sulfonamides is 1. The lowest BCUT2D eigenvalue weighted by Crippen LogP contribution is -2.14. The van der Waals surface area contributed by atoms with E-state index in [1.54, 1.807) is 12.1 Å². The molecular formula is C13H9Br3FNO2S. The second-order valence-electron chi connectivity index (χ2n) is 4.28. The van der Waals surface area contributed by atoms with Crippen LogP contribution in [0.1, 0.15) is 5.56 Å². The minimum Gasteiger partial charge on any atom is -0.277 e. The molecule has 0 aliphatic rings. The lowest BCUT2D eigenvalue weighted by molar-refractivity contribution is 0.593. The summed E-state index contributed by atoms with van der Waals surface area (Å²) in [7, 11) is -3.88. The summed E-state index contributed by atoms with van der Waals surface area (Å²) in [6.07, 6.45) is 0. The predicted octanol–water partition coefficient (Wildman–Crippen LogP) is 5.22. The molecule has 3 nitrogen and oxygen atoms in total. The molecule has 2 aromatic rings. The van der Waals surface area contributed by atoms with Crippen molar-refractivity contribution >= 4 is 63.5 Å². The Morgan fingerprint density at radius 2 is 1.57 bits per heavy atom. The molecule has 0 amide bonds. The minimum absolute atomic E-state index is 0.150. The molecule has 2 rings (SSSR count). The first-order valence-corrected chi connectivity index (χ1v) is 9.50. The van der Waals surface area contributed by atoms with E-state index < -0.39 is 15.8 Å². The van der Waals surface area contributed by atoms with Gasteiger partial charge in [-0.3, -0.25) is 4.72 Å². The quantitative estimate of drug-likeness (QED) is 0.626. The van der Waals surface area contributed by atoms with Gasteiger partial charge in [0.25, 0.3) is 10.0 Å². The van der Waals surface area contributed by atoms with Gasteiger partial charge in [0, 0.05) is 8.95 Å². The van der Waals surface area contributed by atoms with Gasteiger partial charge in [0.2, 0.25) is 0 Å². The van der Waals surface area contributed by atoms with Crippen molar-refractivity contribution in [2.45, 2.75) is 11.8 Å². The Morgan fingerprint density at radius 1 is 1.00 bits per heavy atom. The maximum atomic E-state index is 13.5. The van der Waals surface area contributed by atoms with E-state index in [4.69, 9.17) is 0 Å². The molecular weight excluding hydrogens is 493 g/mol. The van der Waals surface area contributed by atoms with Gasteiger partial charge >= 0.3 is 0 Å². The summed E-state index contributed by atoms with van der Waals surface area (Å²) in [6, 6.07) is 7.20. The van der Waals surface area contributed by atoms with E-state index in [0.717, 1.165) is 11.6 Å². The molecule has 112 valence electrons. The molecule has 0 aliphatic heterocycles. The van der Waals surface area contributed by atoms with Gasteiger partial charge in [-0.2, -0.15) is 0 Å². The van der Waals surface area contributed by atoms with E-state index in [9.17, 15) is 12.8 Å². The maximum Gasteiger partial charge on any atom is 0.262 e. The van der Waals surface area contributed by atoms with Crippen molar-refractivity contribution in [1.82, 2.24) is 0 Å². The van der Waals surface area contributed by atoms with Gasteiger partial charge < -0.3 is 0 Å². The Morgan fingerprint density at radius 3 is 2.10 bits per heavy atom. The summed E-state index contributed by atoms with van der Waals surface area (Å²) < 4.78 is 42.0. The summed E-state index contributed by atoms with van der Waals surface area (Å²) in [4.78, 5) is -0.150. The van der Waals surface area contributed by atoms with Gasteiger partial charge in [-0.05, 0) is 90.6 Å². The Labute approximate surface area is 147 Å². The summed E-state index contributed by atoms with van der Waals surface area (Å²) in [5, 5.41) is 0. The van der Waals surface area contributed by atoms with Crippen LogP contribution in [0.15, 0.2) is 48.6 Å². The standard InChI is InChI=1S/C13H9Br3FNO2S/c1-7-4-10(15)13(11(16)5-7)18-21(19,20)8-2-3-9(14)12(17)6-8/h2-6,18H,1H3. The number of benzene rings is 2. The van der Waals surface area contributed by atoms with Crippen LogP contribution in [0.25, 0.3) is 0 Å². The van der Waals surface area contributed by atoms with Gasteiger partial charge in [-0.15, -0.1) is 0 Å². The van der Waals surface area contributed by atoms with Crippen molar-refractivity contribution in [2.24, 2.45) is 0 Å². The Bertz CT molecular complexity index is 786. The highest BCUT2D eigenvalue weighted by atomic mass is 79.9. The number of aryl methyl sites for hydroxylation is 1. The van der Waals surface area contributed by atoms with E-state index in [1.807, 2.05) is 6.92 Å². The fraction of sp³-hybridized carbons (Fsp3) is 0.0769. The van der Waals surface area contributed by atoms with Gasteiger partial charge in [0.05, 0.1) is 15.1 Å². The molecule has 0 saturated heterocycles. The van der Waals surface area contributed by atoms with Crippen LogP contribution < -0.4 is 4.72 Å². The highest BCUT2D eigenvalue weighted by Crippen LogP contribution is 2.34. The first-order valence-electron chi connectivity index (χ1n) is 5.64. The van der Waals surface area contributed by atoms with Crippen LogP contribution in [0.3, 0.4) is 0 Å². The number of rotatable bonds is 3. The van der Waals surface area contributed by atoms with Crippen molar-refractivity contribution in [3.05, 3.63) is 55.1 Å². The molecule has 0 unspecified atom stereocenters. The largest absolute Gasteiger partial charge is 0.277 e. The van der Waals surface area contributed by atoms with Crippen molar-refractivity contribution < 1.29 is 12.8 Å². The molecule has 1 N–H and O–H groups in total. The molecule has 0 bridgehead atoms. The molecule has 21 heavy (non-hydrogen) atoms. The average molecular weight is 502 g/mol. The van der Waals surface area contributed by atoms with Gasteiger partial charge in [0.1, 0.15) is 5.82 Å². The van der Waals surface area contributed by atoms with Crippen molar-refractivity contribution in [3.63, 3.8) is 0 Å². The van der Waals surface area contributed by atoms with E-state index in [0.29, 0.717) is 14.6 Å². The van der Waals surface area contributed by atoms with Crippen LogP contribution in [0, 0.1) is 12.7 Å². The number of anilines is 1. The Hall–Kier alpha value is -0.440. The van der Waals surface area contributed by atoms with Crippen LogP contribution in [-0.2, 0) is 10.0 Å². The zero-order valence-electron chi connectivity index (χ0n) is 10.6. The second kappa shape index (κ2) is 6.36. The monoisotopic (exact) mass is 499 g/mol. The van der Waals surface area contributed by atoms with Crippen molar-refractivity contribution in [2.75, 3.05) is 4.72 Å². The summed E-state index contributed by atoms with van der Waals surface area (Å²) in [6.45, 7) is 1.89. The first-order chi connectivity index (χ1) is 9.70. The van der Waals surface area contributed by atoms with Crippen LogP contribution in [0.5, 0.6) is 0 Å². The van der Waals surface area contributed by atoms with Crippen molar-refractivity contribution in [1.29, 1.82) is 0 Å². The molecule has 8 heteroatoms. The minimum atomic E-state index is -3.88. The molecule has 2 aromatic carbocycles. The molecule has 0 atom stereocenters. The highest BCUT2D eigenvalue weighted by Gasteiger charge is 2.19. The van der Waals surface area contributed by atoms with Gasteiger partial charge in [0.15, 0.2) is 0 Å². The van der Waals surface area contributed by atoms with E-state index in [1.165, 1.54) is 12.1 Å². The number of hydrogen-bond donors (Lipinski definition) is 1. The smallest absolute Gasteiger partial charge is 0.262 e. The maximum absolute atomic E-state index is 13.5. The molecule has 0 aromatic heterocycles. The summed E-state index contributed by atoms with van der Waals surface area (Å²) >= 11 is 9.61. The van der Waals surface area contributed by atoms with Crippen molar-refractivity contribution in [3.8, 4) is 0 Å². The second-order valence-corrected chi connectivity index (χ2v) is 8.53. The molecule has 0 fully saturated rings. The molecule has 0 spiro atoms. The number of halogens is 4. The molecule has 0 saturated carbocycles. The van der Waals surface area contributed by atoms with E-state index in [2.05, 4.69) is 52.5 Å². The van der Waals surface area contributed by atoms with E-state index >= 15 is 0 Å². The van der Waals surface area contributed by atoms with Gasteiger partial charge in [-0.1, -0.05) is 0 Å². The third-order valence-electron chi connectivity index (χ3n) is 2.62. The zero-order chi connectivity index (χ0) is 15.8. The zero-order valence-corrected chi connectivity index (χ0v) is 16.2. The first kappa shape index (κ1) is 16.9. The average Bonchev–Trinajstić information content (AvgIpc) is 2.37. The lowest BCUT2D eigenvalue weighted by atomic mass is 10.2. The normalized spacial score (nSPS) is 11.5.